The van der Waals surface area contributed by atoms with Crippen LogP contribution in [0.5, 0.6) is 0 Å². The van der Waals surface area contributed by atoms with Crippen molar-refractivity contribution < 1.29 is 13.3 Å². The highest BCUT2D eigenvalue weighted by molar-refractivity contribution is 6.22. The SMILES string of the molecule is CC1(C)c2ccccc2-c2ccc(N(c3ccc(-c4cccc5c4oc4ccccc45)cc3)c3ccc4c(c3)oc3c(-c5cccc6c5oc5ccccc56)c5ccccc5cc34)cc21. The van der Waals surface area contributed by atoms with Gasteiger partial charge in [-0.1, -0.05) is 153 Å². The summed E-state index contributed by atoms with van der Waals surface area (Å²) in [6.07, 6.45) is 0. The maximum Gasteiger partial charge on any atom is 0.144 e. The molecule has 10 aromatic carbocycles. The zero-order chi connectivity index (χ0) is 43.0. The number of para-hydroxylation sites is 4. The van der Waals surface area contributed by atoms with E-state index in [1.165, 1.54) is 22.3 Å². The number of fused-ring (bicyclic) bond motifs is 13. The van der Waals surface area contributed by atoms with Crippen LogP contribution in [-0.4, -0.2) is 0 Å². The van der Waals surface area contributed by atoms with Gasteiger partial charge >= 0.3 is 0 Å². The molecule has 0 unspecified atom stereocenters. The zero-order valence-electron chi connectivity index (χ0n) is 35.7. The van der Waals surface area contributed by atoms with Crippen molar-refractivity contribution >= 4 is 93.7 Å². The Morgan fingerprint density at radius 3 is 1.65 bits per heavy atom. The van der Waals surface area contributed by atoms with Gasteiger partial charge in [0.05, 0.1) is 0 Å². The molecule has 4 heteroatoms. The average molecular weight is 834 g/mol. The normalized spacial score (nSPS) is 13.2. The van der Waals surface area contributed by atoms with Crippen molar-refractivity contribution in [2.24, 2.45) is 0 Å². The Hall–Kier alpha value is -8.34. The van der Waals surface area contributed by atoms with Gasteiger partial charge in [-0.15, -0.1) is 0 Å². The van der Waals surface area contributed by atoms with Gasteiger partial charge < -0.3 is 18.2 Å². The Kier molecular flexibility index (Phi) is 7.42. The van der Waals surface area contributed by atoms with Crippen LogP contribution in [-0.2, 0) is 5.41 Å². The highest BCUT2D eigenvalue weighted by atomic mass is 16.3. The molecule has 0 amide bonds. The van der Waals surface area contributed by atoms with E-state index in [4.69, 9.17) is 13.3 Å². The first-order valence-electron chi connectivity index (χ1n) is 22.3. The third-order valence-corrected chi connectivity index (χ3v) is 14.1. The van der Waals surface area contributed by atoms with Crippen LogP contribution in [0.15, 0.2) is 213 Å². The molecule has 0 N–H and O–H groups in total. The molecule has 0 atom stereocenters. The van der Waals surface area contributed by atoms with Gasteiger partial charge in [0.1, 0.15) is 33.5 Å². The highest BCUT2D eigenvalue weighted by Crippen LogP contribution is 2.52. The molecule has 3 aromatic heterocycles. The van der Waals surface area contributed by atoms with Gasteiger partial charge in [0, 0.05) is 77.6 Å². The van der Waals surface area contributed by atoms with E-state index in [2.05, 4.69) is 195 Å². The lowest BCUT2D eigenvalue weighted by molar-refractivity contribution is 0.660. The molecule has 13 aromatic rings. The molecule has 3 heterocycles. The Morgan fingerprint density at radius 2 is 0.877 bits per heavy atom. The molecular formula is C61H39NO3. The summed E-state index contributed by atoms with van der Waals surface area (Å²) in [5.74, 6) is 0. The topological polar surface area (TPSA) is 42.7 Å². The number of nitrogens with zero attached hydrogens (tertiary/aromatic N) is 1. The number of furan rings is 3. The predicted octanol–water partition coefficient (Wildman–Crippen LogP) is 17.6. The van der Waals surface area contributed by atoms with Gasteiger partial charge in [-0.05, 0) is 93.2 Å². The minimum absolute atomic E-state index is 0.160. The van der Waals surface area contributed by atoms with E-state index < -0.39 is 0 Å². The van der Waals surface area contributed by atoms with Crippen molar-refractivity contribution in [2.45, 2.75) is 19.3 Å². The van der Waals surface area contributed by atoms with Crippen molar-refractivity contribution in [2.75, 3.05) is 4.90 Å². The van der Waals surface area contributed by atoms with Gasteiger partial charge in [0.25, 0.3) is 0 Å². The molecule has 0 bridgehead atoms. The van der Waals surface area contributed by atoms with E-state index in [1.807, 2.05) is 24.3 Å². The first-order valence-corrected chi connectivity index (χ1v) is 22.3. The van der Waals surface area contributed by atoms with Crippen LogP contribution >= 0.6 is 0 Å². The monoisotopic (exact) mass is 833 g/mol. The maximum absolute atomic E-state index is 7.15. The summed E-state index contributed by atoms with van der Waals surface area (Å²) in [5, 5.41) is 8.85. The van der Waals surface area contributed by atoms with Crippen LogP contribution in [0.25, 0.3) is 110 Å². The first-order chi connectivity index (χ1) is 32.0. The second kappa shape index (κ2) is 13.3. The quantitative estimate of drug-likeness (QED) is 0.173. The lowest BCUT2D eigenvalue weighted by Gasteiger charge is -2.28. The largest absolute Gasteiger partial charge is 0.455 e. The van der Waals surface area contributed by atoms with Crippen LogP contribution in [0, 0.1) is 0 Å². The summed E-state index contributed by atoms with van der Waals surface area (Å²) in [6, 6.07) is 71.6. The van der Waals surface area contributed by atoms with Gasteiger partial charge in [-0.2, -0.15) is 0 Å². The van der Waals surface area contributed by atoms with Gasteiger partial charge in [-0.25, -0.2) is 0 Å². The molecule has 0 fully saturated rings. The highest BCUT2D eigenvalue weighted by Gasteiger charge is 2.36. The lowest BCUT2D eigenvalue weighted by atomic mass is 9.82. The molecule has 0 aliphatic heterocycles. The fourth-order valence-electron chi connectivity index (χ4n) is 11.0. The third-order valence-electron chi connectivity index (χ3n) is 14.1. The summed E-state index contributed by atoms with van der Waals surface area (Å²) < 4.78 is 20.3. The average Bonchev–Trinajstić information content (AvgIpc) is 4.09. The number of anilines is 3. The van der Waals surface area contributed by atoms with E-state index in [0.717, 1.165) is 116 Å². The number of benzene rings is 10. The zero-order valence-corrected chi connectivity index (χ0v) is 35.7. The van der Waals surface area contributed by atoms with Crippen molar-refractivity contribution in [3.63, 3.8) is 0 Å². The lowest BCUT2D eigenvalue weighted by Crippen LogP contribution is -2.16. The van der Waals surface area contributed by atoms with E-state index in [0.29, 0.717) is 0 Å². The van der Waals surface area contributed by atoms with E-state index >= 15 is 0 Å². The maximum atomic E-state index is 7.15. The van der Waals surface area contributed by atoms with E-state index in [1.54, 1.807) is 0 Å². The van der Waals surface area contributed by atoms with Crippen molar-refractivity contribution in [1.29, 1.82) is 0 Å². The Balaban J connectivity index is 0.965. The van der Waals surface area contributed by atoms with Crippen molar-refractivity contribution in [3.8, 4) is 33.4 Å². The fraction of sp³-hybridized carbons (Fsp3) is 0.0492. The molecule has 0 spiro atoms. The molecule has 4 nitrogen and oxygen atoms in total. The van der Waals surface area contributed by atoms with Gasteiger partial charge in [0.15, 0.2) is 0 Å². The fourth-order valence-corrected chi connectivity index (χ4v) is 11.0. The Labute approximate surface area is 374 Å². The third kappa shape index (κ3) is 5.19. The number of hydrogen-bond acceptors (Lipinski definition) is 4. The van der Waals surface area contributed by atoms with E-state index in [-0.39, 0.29) is 5.41 Å². The predicted molar refractivity (Wildman–Crippen MR) is 269 cm³/mol. The molecule has 65 heavy (non-hydrogen) atoms. The standard InChI is InChI=1S/C61H39NO3/c1-61(2)52-22-8-5-15-43(52)44-31-29-39(34-53(44)61)62(38-27-25-36(26-28-38)42-18-11-19-48-45-16-6-9-23-54(45)63-58(42)48)40-30-32-47-51-33-37-13-3-4-14-41(37)57(60(51)65-56(47)35-40)50-21-12-20-49-46-17-7-10-24-55(46)64-59(49)50/h3-35H,1-2H3. The second-order valence-electron chi connectivity index (χ2n) is 18.0. The van der Waals surface area contributed by atoms with Crippen molar-refractivity contribution in [3.05, 3.63) is 211 Å². The molecular weight excluding hydrogens is 795 g/mol. The summed E-state index contributed by atoms with van der Waals surface area (Å²) in [7, 11) is 0. The summed E-state index contributed by atoms with van der Waals surface area (Å²) >= 11 is 0. The molecule has 1 aliphatic carbocycles. The summed E-state index contributed by atoms with van der Waals surface area (Å²) in [6.45, 7) is 4.68. The molecule has 1 aliphatic rings. The van der Waals surface area contributed by atoms with Crippen molar-refractivity contribution in [1.82, 2.24) is 0 Å². The van der Waals surface area contributed by atoms with Crippen LogP contribution < -0.4 is 4.90 Å². The Morgan fingerprint density at radius 1 is 0.338 bits per heavy atom. The van der Waals surface area contributed by atoms with Crippen LogP contribution in [0.4, 0.5) is 17.1 Å². The van der Waals surface area contributed by atoms with Gasteiger partial charge in [0.2, 0.25) is 0 Å². The van der Waals surface area contributed by atoms with Crippen LogP contribution in [0.1, 0.15) is 25.0 Å². The van der Waals surface area contributed by atoms with Crippen LogP contribution in [0.2, 0.25) is 0 Å². The number of hydrogen-bond donors (Lipinski definition) is 0. The smallest absolute Gasteiger partial charge is 0.144 e. The summed E-state index contributed by atoms with van der Waals surface area (Å²) in [5.41, 5.74) is 17.6. The number of rotatable bonds is 5. The minimum atomic E-state index is -0.160. The van der Waals surface area contributed by atoms with Gasteiger partial charge in [-0.3, -0.25) is 0 Å². The molecule has 0 saturated carbocycles. The summed E-state index contributed by atoms with van der Waals surface area (Å²) in [4.78, 5) is 2.37. The van der Waals surface area contributed by atoms with Crippen LogP contribution in [0.3, 0.4) is 0 Å². The van der Waals surface area contributed by atoms with E-state index in [9.17, 15) is 0 Å². The molecule has 0 radical (unpaired) electrons. The minimum Gasteiger partial charge on any atom is -0.455 e. The molecule has 14 rings (SSSR count). The molecule has 0 saturated heterocycles. The molecule has 306 valence electrons. The second-order valence-corrected chi connectivity index (χ2v) is 18.0. The Bertz CT molecular complexity index is 4100. The first kappa shape index (κ1) is 36.2.